The summed E-state index contributed by atoms with van der Waals surface area (Å²) >= 11 is 0. The molecule has 0 aliphatic rings. The molecule has 0 saturated carbocycles. The van der Waals surface area contributed by atoms with Crippen LogP contribution in [0.4, 0.5) is 0 Å². The van der Waals surface area contributed by atoms with Crippen molar-refractivity contribution in [2.24, 2.45) is 0 Å². The van der Waals surface area contributed by atoms with Gasteiger partial charge in [0.05, 0.1) is 0 Å². The Bertz CT molecular complexity index is 163. The van der Waals surface area contributed by atoms with E-state index in [9.17, 15) is 0 Å². The van der Waals surface area contributed by atoms with E-state index in [0.717, 1.165) is 6.92 Å². The van der Waals surface area contributed by atoms with E-state index < -0.39 is 16.4 Å². The molecule has 0 atom stereocenters. The van der Waals surface area contributed by atoms with Crippen molar-refractivity contribution in [1.82, 2.24) is 0 Å². The molecular formula is C2H15Al3O6S. The third-order valence-corrected chi connectivity index (χ3v) is 0. The molecule has 10 heteroatoms. The van der Waals surface area contributed by atoms with Crippen LogP contribution in [-0.4, -0.2) is 80.7 Å². The van der Waals surface area contributed by atoms with Crippen LogP contribution in [0.25, 0.3) is 0 Å². The van der Waals surface area contributed by atoms with E-state index in [4.69, 9.17) is 27.4 Å². The molecular weight excluding hydrogens is 233 g/mol. The fourth-order valence-electron chi connectivity index (χ4n) is 0. The Balaban J connectivity index is -0.0000000221. The van der Waals surface area contributed by atoms with E-state index in [1.54, 1.807) is 0 Å². The predicted octanol–water partition coefficient (Wildman–Crippen LogP) is -4.11. The Morgan fingerprint density at radius 3 is 1.08 bits per heavy atom. The van der Waals surface area contributed by atoms with E-state index in [1.807, 2.05) is 0 Å². The van der Waals surface area contributed by atoms with Gasteiger partial charge in [0, 0.05) is 6.92 Å². The maximum Gasteiger partial charge on any atom is 0.394 e. The SMILES string of the molecule is CC(=O)O.O=S(=O)(O)O.[AlH3].[AlH3].[AlH3]. The van der Waals surface area contributed by atoms with Crippen molar-refractivity contribution in [3.05, 3.63) is 0 Å². The van der Waals surface area contributed by atoms with Crippen molar-refractivity contribution in [3.63, 3.8) is 0 Å². The first-order valence-electron chi connectivity index (χ1n) is 1.63. The van der Waals surface area contributed by atoms with E-state index in [0.29, 0.717) is 0 Å². The Kier molecular flexibility index (Phi) is 35.3. The van der Waals surface area contributed by atoms with Crippen LogP contribution in [0.3, 0.4) is 0 Å². The van der Waals surface area contributed by atoms with Crippen molar-refractivity contribution < 1.29 is 27.4 Å². The van der Waals surface area contributed by atoms with Crippen LogP contribution in [0.5, 0.6) is 0 Å². The zero-order chi connectivity index (χ0) is 8.08. The molecule has 0 bridgehead atoms. The summed E-state index contributed by atoms with van der Waals surface area (Å²) in [4.78, 5) is 9.00. The van der Waals surface area contributed by atoms with Crippen LogP contribution in [0.1, 0.15) is 6.92 Å². The minimum Gasteiger partial charge on any atom is -0.481 e. The van der Waals surface area contributed by atoms with Gasteiger partial charge in [0.25, 0.3) is 5.97 Å². The van der Waals surface area contributed by atoms with Gasteiger partial charge in [-0.25, -0.2) is 0 Å². The smallest absolute Gasteiger partial charge is 0.394 e. The third kappa shape index (κ3) is 1230. The maximum absolute atomic E-state index is 9.00. The highest BCUT2D eigenvalue weighted by Gasteiger charge is 1.84. The second-order valence-corrected chi connectivity index (χ2v) is 1.86. The van der Waals surface area contributed by atoms with Gasteiger partial charge in [-0.05, 0) is 0 Å². The van der Waals surface area contributed by atoms with Crippen molar-refractivity contribution in [2.45, 2.75) is 6.92 Å². The van der Waals surface area contributed by atoms with Crippen molar-refractivity contribution in [2.75, 3.05) is 0 Å². The normalized spacial score (nSPS) is 6.92. The summed E-state index contributed by atoms with van der Waals surface area (Å²) in [5, 5.41) is 7.42. The van der Waals surface area contributed by atoms with Gasteiger partial charge in [0.2, 0.25) is 0 Å². The molecule has 0 unspecified atom stereocenters. The summed E-state index contributed by atoms with van der Waals surface area (Å²) in [6, 6.07) is 0. The molecule has 0 rings (SSSR count). The fourth-order valence-corrected chi connectivity index (χ4v) is 0. The first-order valence-corrected chi connectivity index (χ1v) is 3.02. The van der Waals surface area contributed by atoms with Crippen LogP contribution < -0.4 is 0 Å². The monoisotopic (exact) mass is 248 g/mol. The molecule has 0 radical (unpaired) electrons. The van der Waals surface area contributed by atoms with Gasteiger partial charge in [-0.1, -0.05) is 0 Å². The Morgan fingerprint density at radius 2 is 1.08 bits per heavy atom. The van der Waals surface area contributed by atoms with Gasteiger partial charge in [-0.3, -0.25) is 13.9 Å². The maximum atomic E-state index is 9.00. The zero-order valence-electron chi connectivity index (χ0n) is 4.47. The number of rotatable bonds is 0. The molecule has 6 nitrogen and oxygen atoms in total. The molecule has 0 aliphatic carbocycles. The Morgan fingerprint density at radius 1 is 1.08 bits per heavy atom. The van der Waals surface area contributed by atoms with Crippen molar-refractivity contribution in [1.29, 1.82) is 0 Å². The average Bonchev–Trinajstić information content (AvgIpc) is 1.19. The Labute approximate surface area is 102 Å². The number of carboxylic acids is 1. The lowest BCUT2D eigenvalue weighted by atomic mass is 10.9. The highest BCUT2D eigenvalue weighted by Crippen LogP contribution is 1.59. The summed E-state index contributed by atoms with van der Waals surface area (Å²) in [5.41, 5.74) is 0. The van der Waals surface area contributed by atoms with E-state index >= 15 is 0 Å². The van der Waals surface area contributed by atoms with Gasteiger partial charge in [0.1, 0.15) is 0 Å². The largest absolute Gasteiger partial charge is 0.481 e. The minimum absolute atomic E-state index is 0. The minimum atomic E-state index is -4.67. The molecule has 12 heavy (non-hydrogen) atoms. The number of carboxylic acid groups (broad SMARTS) is 1. The van der Waals surface area contributed by atoms with E-state index in [2.05, 4.69) is 0 Å². The predicted molar refractivity (Wildman–Crippen MR) is 57.3 cm³/mol. The average molecular weight is 248 g/mol. The molecule has 0 aliphatic heterocycles. The van der Waals surface area contributed by atoms with Crippen LogP contribution >= 0.6 is 0 Å². The number of hydrogen-bond acceptors (Lipinski definition) is 3. The summed E-state index contributed by atoms with van der Waals surface area (Å²) in [7, 11) is -4.67. The first-order chi connectivity index (χ1) is 3.73. The molecule has 0 aromatic carbocycles. The molecule has 0 aromatic rings. The highest BCUT2D eigenvalue weighted by molar-refractivity contribution is 7.79. The molecule has 0 saturated heterocycles. The van der Waals surface area contributed by atoms with Gasteiger partial charge in [-0.2, -0.15) is 8.42 Å². The van der Waals surface area contributed by atoms with Crippen LogP contribution in [0, 0.1) is 0 Å². The van der Waals surface area contributed by atoms with Crippen LogP contribution in [0.15, 0.2) is 0 Å². The summed E-state index contributed by atoms with van der Waals surface area (Å²) in [5.74, 6) is -0.833. The molecule has 3 N–H and O–H groups in total. The molecule has 0 aromatic heterocycles. The summed E-state index contributed by atoms with van der Waals surface area (Å²) < 4.78 is 31.6. The fraction of sp³-hybridized carbons (Fsp3) is 0.500. The lowest BCUT2D eigenvalue weighted by Crippen LogP contribution is -1.89. The number of hydrogen-bond donors (Lipinski definition) is 3. The number of aliphatic carboxylic acids is 1. The molecule has 74 valence electrons. The van der Waals surface area contributed by atoms with E-state index in [1.165, 1.54) is 0 Å². The van der Waals surface area contributed by atoms with Gasteiger partial charge < -0.3 is 5.11 Å². The second-order valence-electron chi connectivity index (χ2n) is 0.967. The van der Waals surface area contributed by atoms with Gasteiger partial charge in [0.15, 0.2) is 52.1 Å². The summed E-state index contributed by atoms with van der Waals surface area (Å²) in [6.45, 7) is 1.08. The number of carbonyl (C=O) groups is 1. The zero-order valence-corrected chi connectivity index (χ0v) is 5.29. The highest BCUT2D eigenvalue weighted by atomic mass is 32.3. The van der Waals surface area contributed by atoms with Gasteiger partial charge >= 0.3 is 10.4 Å². The topological polar surface area (TPSA) is 112 Å². The van der Waals surface area contributed by atoms with Crippen molar-refractivity contribution >= 4 is 68.5 Å². The van der Waals surface area contributed by atoms with Gasteiger partial charge in [-0.15, -0.1) is 0 Å². The second kappa shape index (κ2) is 14.5. The summed E-state index contributed by atoms with van der Waals surface area (Å²) in [6.07, 6.45) is 0. The van der Waals surface area contributed by atoms with Crippen LogP contribution in [0.2, 0.25) is 0 Å². The lowest BCUT2D eigenvalue weighted by molar-refractivity contribution is -0.134. The molecule has 0 heterocycles. The third-order valence-electron chi connectivity index (χ3n) is 0. The quantitative estimate of drug-likeness (QED) is 0.296. The molecule has 0 spiro atoms. The Hall–Kier alpha value is 0.937. The standard InChI is InChI=1S/C2H4O2.3Al.H2O4S.9H/c1-2(3)4;;;;1-5(2,3)4;;;;;;;;;/h1H3,(H,3,4);;;;(H2,1,2,3,4);;;;;;;;;. The molecule has 0 amide bonds. The first kappa shape index (κ1) is 29.3. The molecule has 0 fully saturated rings. The van der Waals surface area contributed by atoms with Crippen LogP contribution in [-0.2, 0) is 15.2 Å². The van der Waals surface area contributed by atoms with E-state index in [-0.39, 0.29) is 52.1 Å². The van der Waals surface area contributed by atoms with Crippen molar-refractivity contribution in [3.8, 4) is 0 Å². The lowest BCUT2D eigenvalue weighted by Gasteiger charge is -1.68.